The highest BCUT2D eigenvalue weighted by molar-refractivity contribution is 5.20. The summed E-state index contributed by atoms with van der Waals surface area (Å²) in [5, 5.41) is 7.94. The van der Waals surface area contributed by atoms with Crippen LogP contribution in [0.5, 0.6) is 0 Å². The normalized spacial score (nSPS) is 28.6. The fourth-order valence-electron chi connectivity index (χ4n) is 3.06. The van der Waals surface area contributed by atoms with Gasteiger partial charge in [0.05, 0.1) is 17.8 Å². The molecule has 1 atom stereocenters. The van der Waals surface area contributed by atoms with Crippen molar-refractivity contribution in [1.82, 2.24) is 15.0 Å². The topological polar surface area (TPSA) is 66.0 Å². The van der Waals surface area contributed by atoms with Gasteiger partial charge in [0.25, 0.3) is 0 Å². The Bertz CT molecular complexity index is 370. The quantitative estimate of drug-likeness (QED) is 0.782. The Hall–Kier alpha value is -1.10. The highest BCUT2D eigenvalue weighted by Crippen LogP contribution is 2.43. The summed E-state index contributed by atoms with van der Waals surface area (Å²) in [5.74, 6) is 0.506. The summed E-state index contributed by atoms with van der Waals surface area (Å²) in [6, 6.07) is 0.414. The van der Waals surface area contributed by atoms with Gasteiger partial charge in [0, 0.05) is 6.61 Å². The van der Waals surface area contributed by atoms with Crippen LogP contribution in [0.1, 0.15) is 44.6 Å². The standard InChI is InChI=1S/C11H18N4O/c12-10-8-15(14-13-10)9-3-6-16-11(7-9)4-1-2-5-11/h8-9H,1-7,12H2. The molecule has 1 unspecified atom stereocenters. The van der Waals surface area contributed by atoms with E-state index in [9.17, 15) is 0 Å². The first-order valence-electron chi connectivity index (χ1n) is 6.09. The first-order chi connectivity index (χ1) is 7.77. The van der Waals surface area contributed by atoms with Gasteiger partial charge in [-0.25, -0.2) is 4.68 Å². The van der Waals surface area contributed by atoms with Gasteiger partial charge in [-0.1, -0.05) is 18.1 Å². The molecule has 3 rings (SSSR count). The number of ether oxygens (including phenoxy) is 1. The number of hydrogen-bond donors (Lipinski definition) is 1. The van der Waals surface area contributed by atoms with Crippen molar-refractivity contribution < 1.29 is 4.74 Å². The average Bonchev–Trinajstić information content (AvgIpc) is 2.89. The smallest absolute Gasteiger partial charge is 0.165 e. The second kappa shape index (κ2) is 3.73. The monoisotopic (exact) mass is 222 g/mol. The van der Waals surface area contributed by atoms with Gasteiger partial charge in [0.1, 0.15) is 0 Å². The molecule has 1 saturated heterocycles. The highest BCUT2D eigenvalue weighted by Gasteiger charge is 2.40. The number of aromatic nitrogens is 3. The van der Waals surface area contributed by atoms with E-state index in [4.69, 9.17) is 10.5 Å². The largest absolute Gasteiger partial charge is 0.381 e. The zero-order valence-electron chi connectivity index (χ0n) is 9.43. The number of nitrogens with two attached hydrogens (primary N) is 1. The third-order valence-electron chi connectivity index (χ3n) is 3.88. The van der Waals surface area contributed by atoms with Crippen molar-refractivity contribution in [3.63, 3.8) is 0 Å². The lowest BCUT2D eigenvalue weighted by Gasteiger charge is -2.38. The fraction of sp³-hybridized carbons (Fsp3) is 0.818. The van der Waals surface area contributed by atoms with Crippen molar-refractivity contribution in [1.29, 1.82) is 0 Å². The Labute approximate surface area is 95.0 Å². The summed E-state index contributed by atoms with van der Waals surface area (Å²) in [5.41, 5.74) is 5.73. The molecule has 1 saturated carbocycles. The molecule has 2 fully saturated rings. The van der Waals surface area contributed by atoms with Gasteiger partial charge in [-0.15, -0.1) is 5.10 Å². The van der Waals surface area contributed by atoms with Crippen molar-refractivity contribution in [2.45, 2.75) is 50.2 Å². The maximum atomic E-state index is 5.99. The third kappa shape index (κ3) is 1.69. The summed E-state index contributed by atoms with van der Waals surface area (Å²) in [4.78, 5) is 0. The Morgan fingerprint density at radius 2 is 2.25 bits per heavy atom. The van der Waals surface area contributed by atoms with E-state index in [0.29, 0.717) is 11.9 Å². The van der Waals surface area contributed by atoms with Crippen molar-refractivity contribution in [2.24, 2.45) is 0 Å². The number of rotatable bonds is 1. The minimum Gasteiger partial charge on any atom is -0.381 e. The minimum absolute atomic E-state index is 0.129. The Morgan fingerprint density at radius 3 is 2.94 bits per heavy atom. The molecular formula is C11H18N4O. The van der Waals surface area contributed by atoms with E-state index >= 15 is 0 Å². The van der Waals surface area contributed by atoms with E-state index in [1.807, 2.05) is 10.9 Å². The molecule has 1 aromatic heterocycles. The molecule has 16 heavy (non-hydrogen) atoms. The molecule has 88 valence electrons. The molecule has 1 aliphatic carbocycles. The second-order valence-corrected chi connectivity index (χ2v) is 5.01. The molecule has 2 N–H and O–H groups in total. The van der Waals surface area contributed by atoms with Crippen LogP contribution in [0.2, 0.25) is 0 Å². The zero-order chi connectivity index (χ0) is 11.0. The highest BCUT2D eigenvalue weighted by atomic mass is 16.5. The molecule has 5 heteroatoms. The minimum atomic E-state index is 0.129. The van der Waals surface area contributed by atoms with Crippen LogP contribution in [-0.4, -0.2) is 27.2 Å². The maximum absolute atomic E-state index is 5.99. The second-order valence-electron chi connectivity index (χ2n) is 5.01. The van der Waals surface area contributed by atoms with Crippen molar-refractivity contribution in [3.05, 3.63) is 6.20 Å². The molecule has 2 aliphatic rings. The van der Waals surface area contributed by atoms with Gasteiger partial charge in [0.15, 0.2) is 5.82 Å². The van der Waals surface area contributed by atoms with Crippen LogP contribution in [0, 0.1) is 0 Å². The molecule has 2 heterocycles. The van der Waals surface area contributed by atoms with E-state index in [1.54, 1.807) is 0 Å². The average molecular weight is 222 g/mol. The van der Waals surface area contributed by atoms with Crippen molar-refractivity contribution >= 4 is 5.82 Å². The van der Waals surface area contributed by atoms with E-state index in [0.717, 1.165) is 19.4 Å². The van der Waals surface area contributed by atoms with Gasteiger partial charge in [0.2, 0.25) is 0 Å². The van der Waals surface area contributed by atoms with Gasteiger partial charge in [-0.2, -0.15) is 0 Å². The van der Waals surface area contributed by atoms with Crippen LogP contribution in [-0.2, 0) is 4.74 Å². The van der Waals surface area contributed by atoms with Gasteiger partial charge >= 0.3 is 0 Å². The van der Waals surface area contributed by atoms with Gasteiger partial charge in [-0.3, -0.25) is 0 Å². The van der Waals surface area contributed by atoms with E-state index in [2.05, 4.69) is 10.3 Å². The summed E-state index contributed by atoms with van der Waals surface area (Å²) in [6.07, 6.45) is 8.92. The van der Waals surface area contributed by atoms with Crippen molar-refractivity contribution in [3.8, 4) is 0 Å². The molecule has 1 spiro atoms. The van der Waals surface area contributed by atoms with Gasteiger partial charge in [-0.05, 0) is 25.7 Å². The third-order valence-corrected chi connectivity index (χ3v) is 3.88. The molecule has 1 aliphatic heterocycles. The number of nitrogen functional groups attached to an aromatic ring is 1. The van der Waals surface area contributed by atoms with Crippen LogP contribution in [0.15, 0.2) is 6.20 Å². The van der Waals surface area contributed by atoms with Crippen LogP contribution in [0.25, 0.3) is 0 Å². The first-order valence-corrected chi connectivity index (χ1v) is 6.09. The Balaban J connectivity index is 1.77. The summed E-state index contributed by atoms with van der Waals surface area (Å²) in [7, 11) is 0. The number of nitrogens with zero attached hydrogens (tertiary/aromatic N) is 3. The number of hydrogen-bond acceptors (Lipinski definition) is 4. The van der Waals surface area contributed by atoms with E-state index in [1.165, 1.54) is 25.7 Å². The lowest BCUT2D eigenvalue weighted by molar-refractivity contribution is -0.0911. The molecular weight excluding hydrogens is 204 g/mol. The lowest BCUT2D eigenvalue weighted by Crippen LogP contribution is -2.38. The molecule has 0 radical (unpaired) electrons. The molecule has 0 aromatic carbocycles. The first kappa shape index (κ1) is 10.1. The van der Waals surface area contributed by atoms with E-state index in [-0.39, 0.29) is 5.60 Å². The molecule has 0 bridgehead atoms. The Morgan fingerprint density at radius 1 is 1.44 bits per heavy atom. The zero-order valence-corrected chi connectivity index (χ0v) is 9.43. The molecule has 5 nitrogen and oxygen atoms in total. The predicted octanol–water partition coefficient (Wildman–Crippen LogP) is 1.52. The lowest BCUT2D eigenvalue weighted by atomic mass is 9.89. The number of anilines is 1. The fourth-order valence-corrected chi connectivity index (χ4v) is 3.06. The summed E-state index contributed by atoms with van der Waals surface area (Å²) in [6.45, 7) is 0.838. The van der Waals surface area contributed by atoms with Crippen LogP contribution in [0.3, 0.4) is 0 Å². The molecule has 1 aromatic rings. The van der Waals surface area contributed by atoms with Crippen LogP contribution in [0.4, 0.5) is 5.82 Å². The Kier molecular flexibility index (Phi) is 2.35. The van der Waals surface area contributed by atoms with Crippen molar-refractivity contribution in [2.75, 3.05) is 12.3 Å². The van der Waals surface area contributed by atoms with Crippen LogP contribution >= 0.6 is 0 Å². The maximum Gasteiger partial charge on any atom is 0.165 e. The van der Waals surface area contributed by atoms with Gasteiger partial charge < -0.3 is 10.5 Å². The van der Waals surface area contributed by atoms with E-state index < -0.39 is 0 Å². The van der Waals surface area contributed by atoms with Crippen LogP contribution < -0.4 is 5.73 Å². The predicted molar refractivity (Wildman–Crippen MR) is 59.9 cm³/mol. The summed E-state index contributed by atoms with van der Waals surface area (Å²) >= 11 is 0. The molecule has 0 amide bonds. The SMILES string of the molecule is Nc1cn(C2CCOC3(CCCC3)C2)nn1. The summed E-state index contributed by atoms with van der Waals surface area (Å²) < 4.78 is 7.91.